The Morgan fingerprint density at radius 3 is 2.74 bits per heavy atom. The summed E-state index contributed by atoms with van der Waals surface area (Å²) in [7, 11) is 3.85. The zero-order chi connectivity index (χ0) is 14.3. The summed E-state index contributed by atoms with van der Waals surface area (Å²) >= 11 is 6.10. The van der Waals surface area contributed by atoms with Gasteiger partial charge in [0.15, 0.2) is 0 Å². The summed E-state index contributed by atoms with van der Waals surface area (Å²) in [5, 5.41) is 4.23. The van der Waals surface area contributed by atoms with Gasteiger partial charge < -0.3 is 15.0 Å². The molecule has 0 unspecified atom stereocenters. The van der Waals surface area contributed by atoms with Gasteiger partial charge in [-0.1, -0.05) is 25.4 Å². The summed E-state index contributed by atoms with van der Waals surface area (Å²) in [6.07, 6.45) is 1.02. The minimum Gasteiger partial charge on any atom is -0.385 e. The molecule has 0 spiro atoms. The number of rotatable bonds is 8. The average molecular weight is 285 g/mol. The van der Waals surface area contributed by atoms with E-state index in [0.29, 0.717) is 6.04 Å². The van der Waals surface area contributed by atoms with Crippen LogP contribution >= 0.6 is 11.6 Å². The lowest BCUT2D eigenvalue weighted by Gasteiger charge is -2.23. The number of hydrogen-bond donors (Lipinski definition) is 1. The predicted octanol–water partition coefficient (Wildman–Crippen LogP) is 3.31. The fourth-order valence-corrected chi connectivity index (χ4v) is 2.14. The van der Waals surface area contributed by atoms with Crippen molar-refractivity contribution in [1.82, 2.24) is 5.32 Å². The van der Waals surface area contributed by atoms with E-state index in [9.17, 15) is 0 Å². The number of methoxy groups -OCH3 is 1. The molecule has 0 aliphatic rings. The smallest absolute Gasteiger partial charge is 0.0479 e. The molecular weight excluding hydrogens is 260 g/mol. The maximum absolute atomic E-state index is 6.10. The maximum atomic E-state index is 6.10. The molecule has 1 aromatic rings. The summed E-state index contributed by atoms with van der Waals surface area (Å²) in [4.78, 5) is 2.26. The van der Waals surface area contributed by atoms with Gasteiger partial charge >= 0.3 is 0 Å². The molecule has 3 nitrogen and oxygen atoms in total. The standard InChI is InChI=1S/C15H25ClN2O/c1-12(2)17-11-13-10-14(16)6-7-15(13)18(3)8-5-9-19-4/h6-7,10,12,17H,5,8-9,11H2,1-4H3. The van der Waals surface area contributed by atoms with E-state index in [2.05, 4.69) is 37.2 Å². The Morgan fingerprint density at radius 1 is 1.37 bits per heavy atom. The number of ether oxygens (including phenoxy) is 1. The molecule has 0 atom stereocenters. The zero-order valence-electron chi connectivity index (χ0n) is 12.4. The van der Waals surface area contributed by atoms with E-state index >= 15 is 0 Å². The molecule has 0 saturated heterocycles. The molecule has 1 aromatic carbocycles. The van der Waals surface area contributed by atoms with Crippen molar-refractivity contribution >= 4 is 17.3 Å². The summed E-state index contributed by atoms with van der Waals surface area (Å²) in [6, 6.07) is 6.54. The normalized spacial score (nSPS) is 11.1. The first-order chi connectivity index (χ1) is 9.04. The monoisotopic (exact) mass is 284 g/mol. The van der Waals surface area contributed by atoms with Gasteiger partial charge in [-0.2, -0.15) is 0 Å². The number of benzene rings is 1. The van der Waals surface area contributed by atoms with E-state index < -0.39 is 0 Å². The molecule has 0 fully saturated rings. The van der Waals surface area contributed by atoms with Crippen molar-refractivity contribution in [3.05, 3.63) is 28.8 Å². The molecule has 0 bridgehead atoms. The van der Waals surface area contributed by atoms with Crippen molar-refractivity contribution < 1.29 is 4.74 Å². The van der Waals surface area contributed by atoms with Gasteiger partial charge in [-0.25, -0.2) is 0 Å². The van der Waals surface area contributed by atoms with Crippen molar-refractivity contribution in [2.75, 3.05) is 32.2 Å². The molecule has 0 aliphatic carbocycles. The average Bonchev–Trinajstić information content (AvgIpc) is 2.36. The fraction of sp³-hybridized carbons (Fsp3) is 0.600. The Labute approximate surface area is 121 Å². The molecule has 0 heterocycles. The SMILES string of the molecule is COCCCN(C)c1ccc(Cl)cc1CNC(C)C. The molecule has 0 aliphatic heterocycles. The van der Waals surface area contributed by atoms with Crippen LogP contribution < -0.4 is 10.2 Å². The fourth-order valence-electron chi connectivity index (χ4n) is 1.95. The van der Waals surface area contributed by atoms with E-state index in [1.807, 2.05) is 12.1 Å². The van der Waals surface area contributed by atoms with Crippen LogP contribution in [0.2, 0.25) is 5.02 Å². The third kappa shape index (κ3) is 5.81. The number of hydrogen-bond acceptors (Lipinski definition) is 3. The van der Waals surface area contributed by atoms with Crippen LogP contribution in [0.1, 0.15) is 25.8 Å². The molecule has 0 radical (unpaired) electrons. The van der Waals surface area contributed by atoms with Crippen LogP contribution in [0.15, 0.2) is 18.2 Å². The van der Waals surface area contributed by atoms with Crippen molar-refractivity contribution in [3.63, 3.8) is 0 Å². The molecule has 108 valence electrons. The van der Waals surface area contributed by atoms with Crippen molar-refractivity contribution in [3.8, 4) is 0 Å². The van der Waals surface area contributed by atoms with Gasteiger partial charge in [0.25, 0.3) is 0 Å². The second-order valence-electron chi connectivity index (χ2n) is 5.08. The predicted molar refractivity (Wildman–Crippen MR) is 83.2 cm³/mol. The number of anilines is 1. The minimum absolute atomic E-state index is 0.464. The first-order valence-corrected chi connectivity index (χ1v) is 7.14. The van der Waals surface area contributed by atoms with Crippen molar-refractivity contribution in [2.24, 2.45) is 0 Å². The van der Waals surface area contributed by atoms with E-state index in [1.54, 1.807) is 7.11 Å². The highest BCUT2D eigenvalue weighted by molar-refractivity contribution is 6.30. The molecule has 19 heavy (non-hydrogen) atoms. The van der Waals surface area contributed by atoms with E-state index in [1.165, 1.54) is 11.3 Å². The number of nitrogens with zero attached hydrogens (tertiary/aromatic N) is 1. The van der Waals surface area contributed by atoms with Crippen LogP contribution in [0, 0.1) is 0 Å². The molecule has 4 heteroatoms. The van der Waals surface area contributed by atoms with Gasteiger partial charge in [-0.05, 0) is 30.2 Å². The Morgan fingerprint density at radius 2 is 2.11 bits per heavy atom. The van der Waals surface area contributed by atoms with E-state index in [4.69, 9.17) is 16.3 Å². The van der Waals surface area contributed by atoms with Crippen molar-refractivity contribution in [1.29, 1.82) is 0 Å². The summed E-state index contributed by atoms with van der Waals surface area (Å²) in [5.41, 5.74) is 2.47. The lowest BCUT2D eigenvalue weighted by molar-refractivity contribution is 0.196. The van der Waals surface area contributed by atoms with Crippen LogP contribution in [0.3, 0.4) is 0 Å². The second kappa shape index (κ2) is 8.41. The molecule has 0 amide bonds. The molecule has 1 rings (SSSR count). The Bertz CT molecular complexity index is 382. The van der Waals surface area contributed by atoms with Gasteiger partial charge in [-0.3, -0.25) is 0 Å². The summed E-state index contributed by atoms with van der Waals surface area (Å²) in [5.74, 6) is 0. The number of halogens is 1. The van der Waals surface area contributed by atoms with Gasteiger partial charge in [0.1, 0.15) is 0 Å². The first kappa shape index (κ1) is 16.3. The van der Waals surface area contributed by atoms with Crippen molar-refractivity contribution in [2.45, 2.75) is 32.9 Å². The van der Waals surface area contributed by atoms with Crippen LogP contribution in [0.5, 0.6) is 0 Å². The summed E-state index contributed by atoms with van der Waals surface area (Å²) < 4.78 is 5.10. The molecule has 0 aromatic heterocycles. The first-order valence-electron chi connectivity index (χ1n) is 6.76. The Kier molecular flexibility index (Phi) is 7.21. The van der Waals surface area contributed by atoms with Crippen LogP contribution in [0.4, 0.5) is 5.69 Å². The Balaban J connectivity index is 2.74. The summed E-state index contributed by atoms with van der Waals surface area (Å²) in [6.45, 7) is 6.89. The third-order valence-corrected chi connectivity index (χ3v) is 3.23. The minimum atomic E-state index is 0.464. The number of nitrogens with one attached hydrogen (secondary N) is 1. The van der Waals surface area contributed by atoms with Gasteiger partial charge in [0, 0.05) is 50.6 Å². The second-order valence-corrected chi connectivity index (χ2v) is 5.51. The highest BCUT2D eigenvalue weighted by atomic mass is 35.5. The van der Waals surface area contributed by atoms with Crippen LogP contribution in [-0.2, 0) is 11.3 Å². The highest BCUT2D eigenvalue weighted by Gasteiger charge is 2.08. The molecule has 1 N–H and O–H groups in total. The quantitative estimate of drug-likeness (QED) is 0.741. The van der Waals surface area contributed by atoms with Gasteiger partial charge in [0.2, 0.25) is 0 Å². The van der Waals surface area contributed by atoms with E-state index in [-0.39, 0.29) is 0 Å². The van der Waals surface area contributed by atoms with Gasteiger partial charge in [-0.15, -0.1) is 0 Å². The largest absolute Gasteiger partial charge is 0.385 e. The highest BCUT2D eigenvalue weighted by Crippen LogP contribution is 2.23. The zero-order valence-corrected chi connectivity index (χ0v) is 13.1. The molecule has 0 saturated carbocycles. The van der Waals surface area contributed by atoms with Crippen LogP contribution in [0.25, 0.3) is 0 Å². The lowest BCUT2D eigenvalue weighted by atomic mass is 10.1. The maximum Gasteiger partial charge on any atom is 0.0479 e. The third-order valence-electron chi connectivity index (χ3n) is 3.00. The lowest BCUT2D eigenvalue weighted by Crippen LogP contribution is -2.25. The topological polar surface area (TPSA) is 24.5 Å². The Hall–Kier alpha value is -0.770. The molecular formula is C15H25ClN2O. The van der Waals surface area contributed by atoms with E-state index in [0.717, 1.165) is 31.1 Å². The van der Waals surface area contributed by atoms with Crippen LogP contribution in [-0.4, -0.2) is 33.4 Å². The van der Waals surface area contributed by atoms with Gasteiger partial charge in [0.05, 0.1) is 0 Å².